The smallest absolute Gasteiger partial charge is 0.244 e. The van der Waals surface area contributed by atoms with Gasteiger partial charge in [-0.2, -0.15) is 4.68 Å². The highest BCUT2D eigenvalue weighted by atomic mass is 16.2. The molecule has 0 aliphatic heterocycles. The third-order valence-corrected chi connectivity index (χ3v) is 2.07. The van der Waals surface area contributed by atoms with Crippen molar-refractivity contribution in [1.29, 1.82) is 0 Å². The van der Waals surface area contributed by atoms with Crippen LogP contribution in [0, 0.1) is 0 Å². The number of rotatable bonds is 2. The highest BCUT2D eigenvalue weighted by molar-refractivity contribution is 5.39. The molecule has 0 saturated heterocycles. The summed E-state index contributed by atoms with van der Waals surface area (Å²) in [6.07, 6.45) is 0.857. The van der Waals surface area contributed by atoms with Gasteiger partial charge in [-0.25, -0.2) is 9.89 Å². The van der Waals surface area contributed by atoms with E-state index in [-0.39, 0.29) is 5.69 Å². The van der Waals surface area contributed by atoms with Crippen molar-refractivity contribution in [2.24, 2.45) is 0 Å². The Morgan fingerprint density at radius 2 is 2.21 bits per heavy atom. The second kappa shape index (κ2) is 3.45. The molecular formula is C9H10N4O. The van der Waals surface area contributed by atoms with Crippen molar-refractivity contribution in [2.75, 3.05) is 0 Å². The van der Waals surface area contributed by atoms with Gasteiger partial charge < -0.3 is 0 Å². The van der Waals surface area contributed by atoms with E-state index in [2.05, 4.69) is 15.5 Å². The van der Waals surface area contributed by atoms with E-state index in [1.54, 1.807) is 0 Å². The fourth-order valence-electron chi connectivity index (χ4n) is 1.37. The van der Waals surface area contributed by atoms with Crippen LogP contribution in [0.3, 0.4) is 0 Å². The van der Waals surface area contributed by atoms with Crippen LogP contribution in [0.1, 0.15) is 12.5 Å². The molecule has 1 heterocycles. The molecule has 5 heteroatoms. The Labute approximate surface area is 80.4 Å². The van der Waals surface area contributed by atoms with Crippen LogP contribution in [-0.2, 0) is 6.42 Å². The Hall–Kier alpha value is -1.91. The van der Waals surface area contributed by atoms with Gasteiger partial charge in [-0.05, 0) is 28.5 Å². The average Bonchev–Trinajstić information content (AvgIpc) is 2.64. The van der Waals surface area contributed by atoms with Crippen LogP contribution in [0.4, 0.5) is 0 Å². The first-order valence-electron chi connectivity index (χ1n) is 4.41. The van der Waals surface area contributed by atoms with E-state index >= 15 is 0 Å². The monoisotopic (exact) mass is 190 g/mol. The molecule has 0 radical (unpaired) electrons. The third kappa shape index (κ3) is 1.32. The molecule has 5 nitrogen and oxygen atoms in total. The third-order valence-electron chi connectivity index (χ3n) is 2.07. The van der Waals surface area contributed by atoms with Gasteiger partial charge >= 0.3 is 5.69 Å². The molecular weight excluding hydrogens is 180 g/mol. The summed E-state index contributed by atoms with van der Waals surface area (Å²) in [5.74, 6) is 0. The molecule has 0 saturated carbocycles. The van der Waals surface area contributed by atoms with Gasteiger partial charge in [0.15, 0.2) is 0 Å². The fourth-order valence-corrected chi connectivity index (χ4v) is 1.37. The lowest BCUT2D eigenvalue weighted by atomic mass is 10.1. The minimum absolute atomic E-state index is 0.314. The Bertz CT molecular complexity index is 485. The molecule has 0 atom stereocenters. The number of H-pyrrole nitrogens is 1. The number of hydrogen-bond acceptors (Lipinski definition) is 3. The van der Waals surface area contributed by atoms with E-state index in [1.165, 1.54) is 4.68 Å². The average molecular weight is 190 g/mol. The summed E-state index contributed by atoms with van der Waals surface area (Å²) in [5, 5.41) is 9.41. The maximum atomic E-state index is 11.3. The van der Waals surface area contributed by atoms with Crippen molar-refractivity contribution in [1.82, 2.24) is 20.2 Å². The summed E-state index contributed by atoms with van der Waals surface area (Å²) >= 11 is 0. The second-order valence-electron chi connectivity index (χ2n) is 2.90. The fraction of sp³-hybridized carbons (Fsp3) is 0.222. The zero-order valence-electron chi connectivity index (χ0n) is 7.77. The standard InChI is InChI=1S/C9H10N4O/c1-2-7-5-3-4-6-8(7)13-9(14)10-11-12-13/h3-6H,2H2,1H3,(H,10,12,14). The van der Waals surface area contributed by atoms with Crippen LogP contribution < -0.4 is 5.69 Å². The summed E-state index contributed by atoms with van der Waals surface area (Å²) in [4.78, 5) is 11.3. The Morgan fingerprint density at radius 3 is 2.86 bits per heavy atom. The number of nitrogens with zero attached hydrogens (tertiary/aromatic N) is 3. The van der Waals surface area contributed by atoms with Crippen LogP contribution in [0.2, 0.25) is 0 Å². The second-order valence-corrected chi connectivity index (χ2v) is 2.90. The maximum Gasteiger partial charge on any atom is 0.365 e. The topological polar surface area (TPSA) is 63.6 Å². The van der Waals surface area contributed by atoms with Gasteiger partial charge in [0, 0.05) is 0 Å². The molecule has 1 aromatic carbocycles. The molecule has 1 aromatic heterocycles. The molecule has 0 fully saturated rings. The predicted octanol–water partition coefficient (Wildman–Crippen LogP) is 0.518. The van der Waals surface area contributed by atoms with Gasteiger partial charge in [-0.15, -0.1) is 0 Å². The summed E-state index contributed by atoms with van der Waals surface area (Å²) < 4.78 is 1.26. The number of aromatic amines is 1. The Morgan fingerprint density at radius 1 is 1.43 bits per heavy atom. The number of nitrogens with one attached hydrogen (secondary N) is 1. The molecule has 0 aliphatic carbocycles. The molecule has 0 aliphatic rings. The van der Waals surface area contributed by atoms with Gasteiger partial charge in [0.2, 0.25) is 0 Å². The van der Waals surface area contributed by atoms with Crippen LogP contribution in [-0.4, -0.2) is 20.2 Å². The zero-order chi connectivity index (χ0) is 9.97. The van der Waals surface area contributed by atoms with E-state index in [1.807, 2.05) is 31.2 Å². The van der Waals surface area contributed by atoms with Crippen LogP contribution in [0.25, 0.3) is 5.69 Å². The van der Waals surface area contributed by atoms with Crippen LogP contribution in [0.15, 0.2) is 29.1 Å². The minimum atomic E-state index is -0.314. The number of hydrogen-bond donors (Lipinski definition) is 1. The minimum Gasteiger partial charge on any atom is -0.244 e. The van der Waals surface area contributed by atoms with E-state index < -0.39 is 0 Å². The first-order valence-corrected chi connectivity index (χ1v) is 4.41. The zero-order valence-corrected chi connectivity index (χ0v) is 7.77. The molecule has 2 aromatic rings. The summed E-state index contributed by atoms with van der Waals surface area (Å²) in [6, 6.07) is 7.63. The lowest BCUT2D eigenvalue weighted by Gasteiger charge is -2.03. The quantitative estimate of drug-likeness (QED) is 0.750. The van der Waals surface area contributed by atoms with Gasteiger partial charge in [-0.3, -0.25) is 0 Å². The first kappa shape index (κ1) is 8.68. The van der Waals surface area contributed by atoms with Crippen LogP contribution >= 0.6 is 0 Å². The number of para-hydroxylation sites is 1. The number of aromatic nitrogens is 4. The molecule has 0 unspecified atom stereocenters. The number of aryl methyl sites for hydroxylation is 1. The SMILES string of the molecule is CCc1ccccc1-n1nn[nH]c1=O. The molecule has 72 valence electrons. The maximum absolute atomic E-state index is 11.3. The molecule has 0 amide bonds. The van der Waals surface area contributed by atoms with E-state index in [0.29, 0.717) is 0 Å². The normalized spacial score (nSPS) is 10.4. The van der Waals surface area contributed by atoms with Crippen molar-refractivity contribution >= 4 is 0 Å². The lowest BCUT2D eigenvalue weighted by Crippen LogP contribution is -2.17. The molecule has 2 rings (SSSR count). The molecule has 14 heavy (non-hydrogen) atoms. The summed E-state index contributed by atoms with van der Waals surface area (Å²) in [7, 11) is 0. The van der Waals surface area contributed by atoms with Gasteiger partial charge in [0.25, 0.3) is 0 Å². The summed E-state index contributed by atoms with van der Waals surface area (Å²) in [6.45, 7) is 2.03. The number of tetrazole rings is 1. The van der Waals surface area contributed by atoms with Gasteiger partial charge in [0.1, 0.15) is 0 Å². The van der Waals surface area contributed by atoms with E-state index in [9.17, 15) is 4.79 Å². The van der Waals surface area contributed by atoms with E-state index in [4.69, 9.17) is 0 Å². The number of benzene rings is 1. The van der Waals surface area contributed by atoms with Crippen molar-refractivity contribution in [2.45, 2.75) is 13.3 Å². The van der Waals surface area contributed by atoms with Crippen molar-refractivity contribution in [3.8, 4) is 5.69 Å². The molecule has 0 spiro atoms. The highest BCUT2D eigenvalue weighted by Crippen LogP contribution is 2.11. The first-order chi connectivity index (χ1) is 6.83. The molecule has 1 N–H and O–H groups in total. The lowest BCUT2D eigenvalue weighted by molar-refractivity contribution is 0.771. The van der Waals surface area contributed by atoms with Crippen LogP contribution in [0.5, 0.6) is 0 Å². The van der Waals surface area contributed by atoms with Crippen molar-refractivity contribution in [3.05, 3.63) is 40.3 Å². The molecule has 0 bridgehead atoms. The van der Waals surface area contributed by atoms with E-state index in [0.717, 1.165) is 17.7 Å². The predicted molar refractivity (Wildman–Crippen MR) is 51.4 cm³/mol. The van der Waals surface area contributed by atoms with Gasteiger partial charge in [0.05, 0.1) is 5.69 Å². The van der Waals surface area contributed by atoms with Crippen molar-refractivity contribution in [3.63, 3.8) is 0 Å². The Balaban J connectivity index is 2.62. The summed E-state index contributed by atoms with van der Waals surface area (Å²) in [5.41, 5.74) is 1.54. The van der Waals surface area contributed by atoms with Crippen molar-refractivity contribution < 1.29 is 0 Å². The Kier molecular flexibility index (Phi) is 2.14. The largest absolute Gasteiger partial charge is 0.365 e. The van der Waals surface area contributed by atoms with Gasteiger partial charge in [-0.1, -0.05) is 25.1 Å². The highest BCUT2D eigenvalue weighted by Gasteiger charge is 2.05.